The van der Waals surface area contributed by atoms with Crippen LogP contribution in [0.15, 0.2) is 24.7 Å². The monoisotopic (exact) mass is 161 g/mol. The highest BCUT2D eigenvalue weighted by Crippen LogP contribution is 2.01. The number of imidazole rings is 1. The number of nitrogens with zero attached hydrogens (tertiary/aromatic N) is 3. The van der Waals surface area contributed by atoms with Gasteiger partial charge in [-0.2, -0.15) is 0 Å². The average Bonchev–Trinajstić information content (AvgIpc) is 2.51. The Hall–Kier alpha value is -1.38. The van der Waals surface area contributed by atoms with E-state index in [1.807, 2.05) is 22.9 Å². The Labute approximate surface area is 71.1 Å². The van der Waals surface area contributed by atoms with Gasteiger partial charge in [0.05, 0.1) is 0 Å². The highest BCUT2D eigenvalue weighted by molar-refractivity contribution is 5.28. The molecule has 0 aliphatic carbocycles. The third-order valence-corrected chi connectivity index (χ3v) is 1.83. The molecule has 0 saturated heterocycles. The van der Waals surface area contributed by atoms with Gasteiger partial charge in [0.25, 0.3) is 0 Å². The molecule has 0 radical (unpaired) electrons. The zero-order chi connectivity index (χ0) is 8.39. The maximum Gasteiger partial charge on any atom is 0.233 e. The number of hydrogen-bond donors (Lipinski definition) is 0. The van der Waals surface area contributed by atoms with Crippen molar-refractivity contribution in [3.8, 4) is 0 Å². The molecular weight excluding hydrogens is 150 g/mol. The summed E-state index contributed by atoms with van der Waals surface area (Å²) in [6.07, 6.45) is 7.82. The van der Waals surface area contributed by atoms with Gasteiger partial charge in [0.15, 0.2) is 0 Å². The van der Waals surface area contributed by atoms with Gasteiger partial charge in [-0.05, 0) is 12.5 Å². The standard InChI is InChI=1S/C9H11N3/c1-2-3-8-4-6-12-7-5-10-9(12)11-8/h4-7H,2-3H2,1H3. The number of aryl methyl sites for hydroxylation is 1. The van der Waals surface area contributed by atoms with E-state index >= 15 is 0 Å². The molecule has 12 heavy (non-hydrogen) atoms. The molecule has 0 unspecified atom stereocenters. The molecule has 3 nitrogen and oxygen atoms in total. The summed E-state index contributed by atoms with van der Waals surface area (Å²) in [7, 11) is 0. The van der Waals surface area contributed by atoms with Crippen molar-refractivity contribution in [1.82, 2.24) is 14.4 Å². The van der Waals surface area contributed by atoms with Crippen molar-refractivity contribution in [3.63, 3.8) is 0 Å². The SMILES string of the molecule is CCCc1ccn2ccnc2n1. The Morgan fingerprint density at radius 1 is 1.42 bits per heavy atom. The van der Waals surface area contributed by atoms with Crippen molar-refractivity contribution in [3.05, 3.63) is 30.4 Å². The van der Waals surface area contributed by atoms with Gasteiger partial charge in [-0.15, -0.1) is 0 Å². The average molecular weight is 161 g/mol. The van der Waals surface area contributed by atoms with Crippen LogP contribution in [0, 0.1) is 0 Å². The molecule has 0 atom stereocenters. The molecule has 2 rings (SSSR count). The molecule has 0 saturated carbocycles. The predicted molar refractivity (Wildman–Crippen MR) is 47.0 cm³/mol. The van der Waals surface area contributed by atoms with Crippen LogP contribution in [0.1, 0.15) is 19.0 Å². The Balaban J connectivity index is 2.46. The Kier molecular flexibility index (Phi) is 1.78. The second-order valence-corrected chi connectivity index (χ2v) is 2.80. The molecular formula is C9H11N3. The van der Waals surface area contributed by atoms with Gasteiger partial charge in [-0.1, -0.05) is 13.3 Å². The zero-order valence-corrected chi connectivity index (χ0v) is 7.07. The van der Waals surface area contributed by atoms with E-state index in [-0.39, 0.29) is 0 Å². The topological polar surface area (TPSA) is 30.2 Å². The molecule has 0 bridgehead atoms. The zero-order valence-electron chi connectivity index (χ0n) is 7.07. The maximum atomic E-state index is 4.38. The Morgan fingerprint density at radius 3 is 3.17 bits per heavy atom. The summed E-state index contributed by atoms with van der Waals surface area (Å²) < 4.78 is 1.92. The molecule has 0 spiro atoms. The minimum Gasteiger partial charge on any atom is -0.291 e. The molecule has 0 aromatic carbocycles. The van der Waals surface area contributed by atoms with Gasteiger partial charge in [0, 0.05) is 24.3 Å². The largest absolute Gasteiger partial charge is 0.291 e. The van der Waals surface area contributed by atoms with E-state index in [2.05, 4.69) is 16.9 Å². The van der Waals surface area contributed by atoms with Crippen LogP contribution >= 0.6 is 0 Å². The summed E-state index contributed by atoms with van der Waals surface area (Å²) in [4.78, 5) is 8.49. The van der Waals surface area contributed by atoms with Crippen molar-refractivity contribution < 1.29 is 0 Å². The normalized spacial score (nSPS) is 10.8. The van der Waals surface area contributed by atoms with E-state index in [0.717, 1.165) is 24.3 Å². The van der Waals surface area contributed by atoms with Crippen LogP contribution in [-0.4, -0.2) is 14.4 Å². The van der Waals surface area contributed by atoms with Crippen LogP contribution in [0.25, 0.3) is 5.78 Å². The van der Waals surface area contributed by atoms with Crippen LogP contribution < -0.4 is 0 Å². The molecule has 2 heterocycles. The number of fused-ring (bicyclic) bond motifs is 1. The van der Waals surface area contributed by atoms with Crippen LogP contribution in [0.4, 0.5) is 0 Å². The van der Waals surface area contributed by atoms with Gasteiger partial charge >= 0.3 is 0 Å². The quantitative estimate of drug-likeness (QED) is 0.670. The van der Waals surface area contributed by atoms with E-state index in [1.165, 1.54) is 0 Å². The fourth-order valence-electron chi connectivity index (χ4n) is 1.24. The first-order chi connectivity index (χ1) is 5.90. The highest BCUT2D eigenvalue weighted by Gasteiger charge is 1.96. The van der Waals surface area contributed by atoms with Crippen LogP contribution in [0.5, 0.6) is 0 Å². The number of hydrogen-bond acceptors (Lipinski definition) is 2. The summed E-state index contributed by atoms with van der Waals surface area (Å²) >= 11 is 0. The fraction of sp³-hybridized carbons (Fsp3) is 0.333. The number of rotatable bonds is 2. The van der Waals surface area contributed by atoms with E-state index < -0.39 is 0 Å². The Morgan fingerprint density at radius 2 is 2.33 bits per heavy atom. The van der Waals surface area contributed by atoms with E-state index in [4.69, 9.17) is 0 Å². The number of aromatic nitrogens is 3. The molecule has 2 aromatic rings. The summed E-state index contributed by atoms with van der Waals surface area (Å²) in [6.45, 7) is 2.15. The lowest BCUT2D eigenvalue weighted by molar-refractivity contribution is 0.874. The van der Waals surface area contributed by atoms with Gasteiger partial charge in [0.1, 0.15) is 0 Å². The second-order valence-electron chi connectivity index (χ2n) is 2.80. The molecule has 0 aliphatic heterocycles. The van der Waals surface area contributed by atoms with Crippen LogP contribution in [0.3, 0.4) is 0 Å². The van der Waals surface area contributed by atoms with Gasteiger partial charge in [-0.3, -0.25) is 4.40 Å². The van der Waals surface area contributed by atoms with E-state index in [0.29, 0.717) is 0 Å². The summed E-state index contributed by atoms with van der Waals surface area (Å²) in [5.74, 6) is 0.793. The summed E-state index contributed by atoms with van der Waals surface area (Å²) in [5, 5.41) is 0. The first-order valence-corrected chi connectivity index (χ1v) is 4.19. The van der Waals surface area contributed by atoms with Crippen molar-refractivity contribution in [2.24, 2.45) is 0 Å². The van der Waals surface area contributed by atoms with Gasteiger partial charge in [0.2, 0.25) is 5.78 Å². The third-order valence-electron chi connectivity index (χ3n) is 1.83. The minimum absolute atomic E-state index is 0.793. The van der Waals surface area contributed by atoms with E-state index in [1.54, 1.807) is 6.20 Å². The first kappa shape index (κ1) is 7.28. The molecule has 2 aromatic heterocycles. The third kappa shape index (κ3) is 1.18. The molecule has 62 valence electrons. The lowest BCUT2D eigenvalue weighted by Crippen LogP contribution is -1.93. The van der Waals surface area contributed by atoms with Crippen LogP contribution in [0.2, 0.25) is 0 Å². The molecule has 0 fully saturated rings. The fourth-order valence-corrected chi connectivity index (χ4v) is 1.24. The highest BCUT2D eigenvalue weighted by atomic mass is 15.1. The second kappa shape index (κ2) is 2.93. The smallest absolute Gasteiger partial charge is 0.233 e. The van der Waals surface area contributed by atoms with Gasteiger partial charge < -0.3 is 0 Å². The lowest BCUT2D eigenvalue weighted by atomic mass is 10.2. The maximum absolute atomic E-state index is 4.38. The molecule has 3 heteroatoms. The van der Waals surface area contributed by atoms with Gasteiger partial charge in [-0.25, -0.2) is 9.97 Å². The minimum atomic E-state index is 0.793. The molecule has 0 amide bonds. The van der Waals surface area contributed by atoms with Crippen LogP contribution in [-0.2, 0) is 6.42 Å². The predicted octanol–water partition coefficient (Wildman–Crippen LogP) is 1.68. The summed E-state index contributed by atoms with van der Waals surface area (Å²) in [6, 6.07) is 2.04. The molecule has 0 aliphatic rings. The van der Waals surface area contributed by atoms with E-state index in [9.17, 15) is 0 Å². The van der Waals surface area contributed by atoms with Crippen molar-refractivity contribution >= 4 is 5.78 Å². The molecule has 0 N–H and O–H groups in total. The summed E-state index contributed by atoms with van der Waals surface area (Å²) in [5.41, 5.74) is 1.12. The Bertz CT molecular complexity index is 378. The first-order valence-electron chi connectivity index (χ1n) is 4.19. The van der Waals surface area contributed by atoms with Crippen molar-refractivity contribution in [2.75, 3.05) is 0 Å². The van der Waals surface area contributed by atoms with Crippen molar-refractivity contribution in [1.29, 1.82) is 0 Å². The van der Waals surface area contributed by atoms with Crippen molar-refractivity contribution in [2.45, 2.75) is 19.8 Å². The lowest BCUT2D eigenvalue weighted by Gasteiger charge is -1.97.